The maximum atomic E-state index is 6.13. The van der Waals surface area contributed by atoms with E-state index in [4.69, 9.17) is 11.6 Å². The van der Waals surface area contributed by atoms with Gasteiger partial charge in [-0.05, 0) is 47.2 Å². The lowest BCUT2D eigenvalue weighted by molar-refractivity contribution is 0.493. The highest BCUT2D eigenvalue weighted by Crippen LogP contribution is 2.46. The summed E-state index contributed by atoms with van der Waals surface area (Å²) in [5, 5.41) is 4.33. The fraction of sp³-hybridized carbons (Fsp3) is 0.312. The van der Waals surface area contributed by atoms with Gasteiger partial charge >= 0.3 is 0 Å². The van der Waals surface area contributed by atoms with Gasteiger partial charge in [-0.25, -0.2) is 4.98 Å². The van der Waals surface area contributed by atoms with Crippen molar-refractivity contribution in [2.24, 2.45) is 0 Å². The average molecular weight is 273 g/mol. The molecule has 1 aliphatic rings. The quantitative estimate of drug-likeness (QED) is 0.866. The number of anilines is 1. The molecule has 98 valence electrons. The molecule has 1 aliphatic carbocycles. The molecule has 1 aromatic heterocycles. The summed E-state index contributed by atoms with van der Waals surface area (Å²) in [7, 11) is 0. The molecular weight excluding hydrogens is 256 g/mol. The minimum Gasteiger partial charge on any atom is -0.363 e. The second-order valence-electron chi connectivity index (χ2n) is 5.73. The third-order valence-electron chi connectivity index (χ3n) is 3.82. The van der Waals surface area contributed by atoms with Crippen molar-refractivity contribution < 1.29 is 0 Å². The van der Waals surface area contributed by atoms with Crippen molar-refractivity contribution in [2.75, 3.05) is 5.32 Å². The topological polar surface area (TPSA) is 24.9 Å². The van der Waals surface area contributed by atoms with E-state index in [2.05, 4.69) is 36.3 Å². The first-order valence-corrected chi connectivity index (χ1v) is 6.91. The van der Waals surface area contributed by atoms with E-state index in [0.29, 0.717) is 6.04 Å². The van der Waals surface area contributed by atoms with Crippen molar-refractivity contribution in [3.63, 3.8) is 0 Å². The summed E-state index contributed by atoms with van der Waals surface area (Å²) in [5.41, 5.74) is 2.82. The Balaban J connectivity index is 1.95. The molecule has 0 spiro atoms. The first-order valence-electron chi connectivity index (χ1n) is 6.54. The van der Waals surface area contributed by atoms with Gasteiger partial charge in [0.05, 0.1) is 6.04 Å². The fourth-order valence-electron chi connectivity index (χ4n) is 2.90. The number of halogens is 1. The number of benzene rings is 1. The summed E-state index contributed by atoms with van der Waals surface area (Å²) in [6.07, 6.45) is 2.87. The van der Waals surface area contributed by atoms with E-state index in [1.165, 1.54) is 11.1 Å². The molecule has 0 bridgehead atoms. The number of nitrogens with one attached hydrogen (secondary N) is 1. The van der Waals surface area contributed by atoms with Gasteiger partial charge < -0.3 is 5.32 Å². The molecule has 0 saturated carbocycles. The molecule has 3 heteroatoms. The SMILES string of the molecule is CC1(C)C[C@H](Nc2ccccn2)c2ccc(Cl)cc21. The number of hydrogen-bond acceptors (Lipinski definition) is 2. The minimum absolute atomic E-state index is 0.146. The van der Waals surface area contributed by atoms with Crippen molar-refractivity contribution in [3.8, 4) is 0 Å². The predicted molar refractivity (Wildman–Crippen MR) is 79.7 cm³/mol. The summed E-state index contributed by atoms with van der Waals surface area (Å²) in [6.45, 7) is 4.53. The van der Waals surface area contributed by atoms with Gasteiger partial charge in [0.25, 0.3) is 0 Å². The third kappa shape index (κ3) is 2.33. The molecule has 0 radical (unpaired) electrons. The largest absolute Gasteiger partial charge is 0.363 e. The zero-order valence-electron chi connectivity index (χ0n) is 11.2. The fourth-order valence-corrected chi connectivity index (χ4v) is 3.08. The molecule has 0 fully saturated rings. The van der Waals surface area contributed by atoms with E-state index in [0.717, 1.165) is 17.3 Å². The maximum absolute atomic E-state index is 6.13. The molecule has 2 aromatic rings. The molecule has 0 amide bonds. The van der Waals surface area contributed by atoms with Crippen LogP contribution < -0.4 is 5.32 Å². The Hall–Kier alpha value is -1.54. The van der Waals surface area contributed by atoms with E-state index in [-0.39, 0.29) is 5.41 Å². The van der Waals surface area contributed by atoms with Crippen LogP contribution in [0.4, 0.5) is 5.82 Å². The average Bonchev–Trinajstić information content (AvgIpc) is 2.62. The van der Waals surface area contributed by atoms with E-state index in [1.807, 2.05) is 30.5 Å². The lowest BCUT2D eigenvalue weighted by atomic mass is 9.86. The second-order valence-corrected chi connectivity index (χ2v) is 6.17. The number of pyridine rings is 1. The van der Waals surface area contributed by atoms with Crippen LogP contribution in [-0.2, 0) is 5.41 Å². The molecule has 1 N–H and O–H groups in total. The van der Waals surface area contributed by atoms with Crippen molar-refractivity contribution in [1.82, 2.24) is 4.98 Å². The van der Waals surface area contributed by atoms with Gasteiger partial charge in [0.15, 0.2) is 0 Å². The van der Waals surface area contributed by atoms with E-state index in [9.17, 15) is 0 Å². The van der Waals surface area contributed by atoms with Gasteiger partial charge in [0.1, 0.15) is 5.82 Å². The van der Waals surface area contributed by atoms with E-state index < -0.39 is 0 Å². The maximum Gasteiger partial charge on any atom is 0.126 e. The minimum atomic E-state index is 0.146. The molecule has 3 rings (SSSR count). The highest BCUT2D eigenvalue weighted by Gasteiger charge is 2.36. The van der Waals surface area contributed by atoms with Gasteiger partial charge in [-0.2, -0.15) is 0 Å². The van der Waals surface area contributed by atoms with Crippen LogP contribution in [0.15, 0.2) is 42.6 Å². The Morgan fingerprint density at radius 3 is 2.84 bits per heavy atom. The Kier molecular flexibility index (Phi) is 2.98. The highest BCUT2D eigenvalue weighted by molar-refractivity contribution is 6.30. The molecule has 0 unspecified atom stereocenters. The number of nitrogens with zero attached hydrogens (tertiary/aromatic N) is 1. The van der Waals surface area contributed by atoms with E-state index in [1.54, 1.807) is 0 Å². The van der Waals surface area contributed by atoms with Crippen molar-refractivity contribution >= 4 is 17.4 Å². The number of fused-ring (bicyclic) bond motifs is 1. The van der Waals surface area contributed by atoms with Crippen molar-refractivity contribution in [2.45, 2.75) is 31.7 Å². The molecule has 2 nitrogen and oxygen atoms in total. The molecule has 0 saturated heterocycles. The predicted octanol–water partition coefficient (Wildman–Crippen LogP) is 4.57. The first kappa shape index (κ1) is 12.5. The van der Waals surface area contributed by atoms with Crippen LogP contribution in [0.25, 0.3) is 0 Å². The summed E-state index contributed by atoms with van der Waals surface area (Å²) in [4.78, 5) is 4.34. The van der Waals surface area contributed by atoms with Crippen LogP contribution in [0.2, 0.25) is 5.02 Å². The third-order valence-corrected chi connectivity index (χ3v) is 4.06. The van der Waals surface area contributed by atoms with Gasteiger partial charge in [-0.15, -0.1) is 0 Å². The summed E-state index contributed by atoms with van der Waals surface area (Å²) >= 11 is 6.13. The molecule has 0 aliphatic heterocycles. The Bertz CT molecular complexity index is 593. The lowest BCUT2D eigenvalue weighted by Gasteiger charge is -2.19. The number of rotatable bonds is 2. The zero-order valence-corrected chi connectivity index (χ0v) is 11.9. The summed E-state index contributed by atoms with van der Waals surface area (Å²) in [6, 6.07) is 12.4. The molecule has 1 atom stereocenters. The van der Waals surface area contributed by atoms with Gasteiger partial charge in [-0.1, -0.05) is 37.6 Å². The van der Waals surface area contributed by atoms with Gasteiger partial charge in [0, 0.05) is 11.2 Å². The smallest absolute Gasteiger partial charge is 0.126 e. The Labute approximate surface area is 118 Å². The molecule has 1 heterocycles. The lowest BCUT2D eigenvalue weighted by Crippen LogP contribution is -2.14. The summed E-state index contributed by atoms with van der Waals surface area (Å²) < 4.78 is 0. The van der Waals surface area contributed by atoms with Crippen LogP contribution in [0, 0.1) is 0 Å². The van der Waals surface area contributed by atoms with Crippen LogP contribution >= 0.6 is 11.6 Å². The van der Waals surface area contributed by atoms with Crippen LogP contribution in [0.3, 0.4) is 0 Å². The van der Waals surface area contributed by atoms with E-state index >= 15 is 0 Å². The van der Waals surface area contributed by atoms with Gasteiger partial charge in [0.2, 0.25) is 0 Å². The van der Waals surface area contributed by atoms with Crippen LogP contribution in [-0.4, -0.2) is 4.98 Å². The number of hydrogen-bond donors (Lipinski definition) is 1. The highest BCUT2D eigenvalue weighted by atomic mass is 35.5. The molecule has 1 aromatic carbocycles. The van der Waals surface area contributed by atoms with Crippen LogP contribution in [0.1, 0.15) is 37.4 Å². The summed E-state index contributed by atoms with van der Waals surface area (Å²) in [5.74, 6) is 0.922. The molecule has 19 heavy (non-hydrogen) atoms. The first-order chi connectivity index (χ1) is 9.06. The molecular formula is C16H17ClN2. The van der Waals surface area contributed by atoms with Crippen LogP contribution in [0.5, 0.6) is 0 Å². The Morgan fingerprint density at radius 2 is 2.11 bits per heavy atom. The Morgan fingerprint density at radius 1 is 1.26 bits per heavy atom. The zero-order chi connectivity index (χ0) is 13.5. The normalized spacial score (nSPS) is 20.1. The van der Waals surface area contributed by atoms with Gasteiger partial charge in [-0.3, -0.25) is 0 Å². The standard InChI is InChI=1S/C16H17ClN2/c1-16(2)10-14(19-15-5-3-4-8-18-15)12-7-6-11(17)9-13(12)16/h3-9,14H,10H2,1-2H3,(H,18,19)/t14-/m0/s1. The van der Waals surface area contributed by atoms with Crippen molar-refractivity contribution in [3.05, 3.63) is 58.7 Å². The second kappa shape index (κ2) is 4.53. The number of aromatic nitrogens is 1. The van der Waals surface area contributed by atoms with Crippen molar-refractivity contribution in [1.29, 1.82) is 0 Å². The monoisotopic (exact) mass is 272 g/mol.